The lowest BCUT2D eigenvalue weighted by molar-refractivity contribution is -0.117. The van der Waals surface area contributed by atoms with Gasteiger partial charge in [0.15, 0.2) is 5.65 Å². The van der Waals surface area contributed by atoms with Gasteiger partial charge in [-0.05, 0) is 38.5 Å². The Morgan fingerprint density at radius 3 is 2.65 bits per heavy atom. The van der Waals surface area contributed by atoms with E-state index in [1.165, 1.54) is 15.4 Å². The van der Waals surface area contributed by atoms with E-state index in [1.54, 1.807) is 11.3 Å². The SMILES string of the molecule is Cc1ccc(NC(=O)Cn2nc3c4c(C)c(C)sc4ncn3c2=O)cc1. The monoisotopic (exact) mass is 367 g/mol. The number of hydrogen-bond donors (Lipinski definition) is 1. The maximum absolute atomic E-state index is 12.6. The van der Waals surface area contributed by atoms with Gasteiger partial charge >= 0.3 is 5.69 Å². The molecule has 1 N–H and O–H groups in total. The smallest absolute Gasteiger partial charge is 0.324 e. The summed E-state index contributed by atoms with van der Waals surface area (Å²) in [5.74, 6) is -0.304. The fourth-order valence-corrected chi connectivity index (χ4v) is 3.84. The number of benzene rings is 1. The van der Waals surface area contributed by atoms with Crippen molar-refractivity contribution in [3.63, 3.8) is 0 Å². The van der Waals surface area contributed by atoms with Crippen molar-refractivity contribution in [3.05, 3.63) is 57.1 Å². The van der Waals surface area contributed by atoms with Crippen LogP contribution in [0.4, 0.5) is 5.69 Å². The molecule has 0 aliphatic carbocycles. The van der Waals surface area contributed by atoms with Gasteiger partial charge in [0.1, 0.15) is 17.7 Å². The summed E-state index contributed by atoms with van der Waals surface area (Å²) < 4.78 is 2.56. The van der Waals surface area contributed by atoms with Gasteiger partial charge in [-0.15, -0.1) is 16.4 Å². The second-order valence-corrected chi connectivity index (χ2v) is 7.46. The quantitative estimate of drug-likeness (QED) is 0.604. The van der Waals surface area contributed by atoms with E-state index in [-0.39, 0.29) is 18.1 Å². The Balaban J connectivity index is 1.69. The van der Waals surface area contributed by atoms with Crippen molar-refractivity contribution in [2.24, 2.45) is 0 Å². The number of fused-ring (bicyclic) bond motifs is 3. The molecule has 8 heteroatoms. The first kappa shape index (κ1) is 16.5. The molecule has 0 spiro atoms. The highest BCUT2D eigenvalue weighted by molar-refractivity contribution is 7.18. The summed E-state index contributed by atoms with van der Waals surface area (Å²) in [5, 5.41) is 8.03. The van der Waals surface area contributed by atoms with E-state index in [4.69, 9.17) is 0 Å². The second kappa shape index (κ2) is 6.06. The number of carbonyl (C=O) groups is 1. The lowest BCUT2D eigenvalue weighted by Gasteiger charge is -2.04. The molecular formula is C18H17N5O2S. The number of rotatable bonds is 3. The average molecular weight is 367 g/mol. The number of hydrogen-bond acceptors (Lipinski definition) is 5. The molecule has 3 aromatic heterocycles. The molecule has 7 nitrogen and oxygen atoms in total. The number of anilines is 1. The molecule has 0 atom stereocenters. The maximum Gasteiger partial charge on any atom is 0.352 e. The molecule has 0 aliphatic heterocycles. The molecule has 0 bridgehead atoms. The van der Waals surface area contributed by atoms with Gasteiger partial charge < -0.3 is 5.32 Å². The summed E-state index contributed by atoms with van der Waals surface area (Å²) in [6.45, 7) is 5.83. The molecule has 1 amide bonds. The lowest BCUT2D eigenvalue weighted by Crippen LogP contribution is -2.28. The van der Waals surface area contributed by atoms with Crippen LogP contribution in [0, 0.1) is 20.8 Å². The maximum atomic E-state index is 12.6. The van der Waals surface area contributed by atoms with Crippen LogP contribution in [0.2, 0.25) is 0 Å². The van der Waals surface area contributed by atoms with Crippen molar-refractivity contribution in [1.82, 2.24) is 19.2 Å². The third-order valence-corrected chi connectivity index (χ3v) is 5.50. The summed E-state index contributed by atoms with van der Waals surface area (Å²) in [5.41, 5.74) is 3.01. The first-order chi connectivity index (χ1) is 12.4. The summed E-state index contributed by atoms with van der Waals surface area (Å²) in [7, 11) is 0. The van der Waals surface area contributed by atoms with Crippen LogP contribution in [0.3, 0.4) is 0 Å². The molecule has 26 heavy (non-hydrogen) atoms. The van der Waals surface area contributed by atoms with E-state index >= 15 is 0 Å². The summed E-state index contributed by atoms with van der Waals surface area (Å²) in [6, 6.07) is 7.48. The van der Waals surface area contributed by atoms with E-state index in [0.29, 0.717) is 11.3 Å². The fourth-order valence-electron chi connectivity index (χ4n) is 2.84. The van der Waals surface area contributed by atoms with Gasteiger partial charge in [-0.25, -0.2) is 18.9 Å². The van der Waals surface area contributed by atoms with Gasteiger partial charge in [0.05, 0.1) is 5.39 Å². The third-order valence-electron chi connectivity index (χ3n) is 4.38. The van der Waals surface area contributed by atoms with E-state index in [1.807, 2.05) is 45.0 Å². The molecule has 0 aliphatic rings. The second-order valence-electron chi connectivity index (χ2n) is 6.26. The molecule has 132 valence electrons. The molecule has 0 saturated heterocycles. The Labute approximate surface area is 152 Å². The van der Waals surface area contributed by atoms with Crippen LogP contribution in [0.1, 0.15) is 16.0 Å². The molecule has 0 fully saturated rings. The number of carbonyl (C=O) groups excluding carboxylic acids is 1. The standard InChI is InChI=1S/C18H17N5O2S/c1-10-4-6-13(7-5-10)20-14(24)8-23-18(25)22-9-19-17-15(16(22)21-23)11(2)12(3)26-17/h4-7,9H,8H2,1-3H3,(H,20,24). The van der Waals surface area contributed by atoms with Gasteiger partial charge in [0.2, 0.25) is 5.91 Å². The lowest BCUT2D eigenvalue weighted by atomic mass is 10.2. The zero-order chi connectivity index (χ0) is 18.4. The third kappa shape index (κ3) is 2.68. The minimum atomic E-state index is -0.378. The van der Waals surface area contributed by atoms with Crippen LogP contribution < -0.4 is 11.0 Å². The Morgan fingerprint density at radius 2 is 1.92 bits per heavy atom. The fraction of sp³-hybridized carbons (Fsp3) is 0.222. The van der Waals surface area contributed by atoms with Crippen molar-refractivity contribution >= 4 is 38.8 Å². The van der Waals surface area contributed by atoms with Crippen molar-refractivity contribution in [2.75, 3.05) is 5.32 Å². The van der Waals surface area contributed by atoms with Crippen molar-refractivity contribution in [1.29, 1.82) is 0 Å². The van der Waals surface area contributed by atoms with E-state index in [2.05, 4.69) is 15.4 Å². The van der Waals surface area contributed by atoms with Crippen molar-refractivity contribution in [2.45, 2.75) is 27.3 Å². The normalized spacial score (nSPS) is 11.3. The number of aryl methyl sites for hydroxylation is 3. The van der Waals surface area contributed by atoms with Gasteiger partial charge in [-0.1, -0.05) is 17.7 Å². The number of nitrogens with one attached hydrogen (secondary N) is 1. The minimum Gasteiger partial charge on any atom is -0.324 e. The summed E-state index contributed by atoms with van der Waals surface area (Å²) >= 11 is 1.57. The van der Waals surface area contributed by atoms with Crippen LogP contribution >= 0.6 is 11.3 Å². The van der Waals surface area contributed by atoms with Crippen molar-refractivity contribution in [3.8, 4) is 0 Å². The minimum absolute atomic E-state index is 0.155. The Morgan fingerprint density at radius 1 is 1.19 bits per heavy atom. The number of nitrogens with zero attached hydrogens (tertiary/aromatic N) is 4. The highest BCUT2D eigenvalue weighted by atomic mass is 32.1. The van der Waals surface area contributed by atoms with Crippen LogP contribution in [-0.2, 0) is 11.3 Å². The molecule has 4 aromatic rings. The van der Waals surface area contributed by atoms with E-state index < -0.39 is 0 Å². The molecule has 0 radical (unpaired) electrons. The number of aromatic nitrogens is 4. The Hall–Kier alpha value is -3.00. The van der Waals surface area contributed by atoms with Crippen LogP contribution in [-0.4, -0.2) is 25.1 Å². The highest BCUT2D eigenvalue weighted by Crippen LogP contribution is 2.30. The van der Waals surface area contributed by atoms with Crippen LogP contribution in [0.5, 0.6) is 0 Å². The highest BCUT2D eigenvalue weighted by Gasteiger charge is 2.17. The summed E-state index contributed by atoms with van der Waals surface area (Å²) in [6.07, 6.45) is 1.47. The first-order valence-electron chi connectivity index (χ1n) is 8.14. The van der Waals surface area contributed by atoms with Gasteiger partial charge in [0.25, 0.3) is 0 Å². The van der Waals surface area contributed by atoms with Crippen molar-refractivity contribution < 1.29 is 4.79 Å². The Bertz CT molecular complexity index is 1200. The zero-order valence-corrected chi connectivity index (χ0v) is 15.4. The van der Waals surface area contributed by atoms with Gasteiger partial charge in [0, 0.05) is 10.6 Å². The zero-order valence-electron chi connectivity index (χ0n) is 14.6. The predicted octanol–water partition coefficient (Wildman–Crippen LogP) is 2.67. The Kier molecular flexibility index (Phi) is 3.84. The molecular weight excluding hydrogens is 350 g/mol. The van der Waals surface area contributed by atoms with Crippen LogP contribution in [0.15, 0.2) is 35.4 Å². The molecule has 0 unspecified atom stereocenters. The predicted molar refractivity (Wildman–Crippen MR) is 102 cm³/mol. The molecule has 4 rings (SSSR count). The van der Waals surface area contributed by atoms with E-state index in [9.17, 15) is 9.59 Å². The molecule has 0 saturated carbocycles. The van der Waals surface area contributed by atoms with Crippen LogP contribution in [0.25, 0.3) is 15.9 Å². The topological polar surface area (TPSA) is 81.3 Å². The number of thiophene rings is 1. The van der Waals surface area contributed by atoms with Gasteiger partial charge in [-0.3, -0.25) is 4.79 Å². The summed E-state index contributed by atoms with van der Waals surface area (Å²) in [4.78, 5) is 31.2. The van der Waals surface area contributed by atoms with E-state index in [0.717, 1.165) is 26.2 Å². The number of amides is 1. The van der Waals surface area contributed by atoms with Gasteiger partial charge in [-0.2, -0.15) is 0 Å². The molecule has 3 heterocycles. The largest absolute Gasteiger partial charge is 0.352 e. The average Bonchev–Trinajstić information content (AvgIpc) is 3.07. The first-order valence-corrected chi connectivity index (χ1v) is 8.96. The molecule has 1 aromatic carbocycles.